The summed E-state index contributed by atoms with van der Waals surface area (Å²) in [5.74, 6) is -0.684. The van der Waals surface area contributed by atoms with Crippen LogP contribution in [0.5, 0.6) is 0 Å². The van der Waals surface area contributed by atoms with Crippen LogP contribution in [0.15, 0.2) is 0 Å². The predicted octanol–water partition coefficient (Wildman–Crippen LogP) is 1.16. The van der Waals surface area contributed by atoms with E-state index in [9.17, 15) is 14.4 Å². The second-order valence-corrected chi connectivity index (χ2v) is 4.97. The number of aliphatic carboxylic acids is 1. The number of urea groups is 1. The van der Waals surface area contributed by atoms with Crippen LogP contribution < -0.4 is 5.32 Å². The number of rotatable bonds is 7. The highest BCUT2D eigenvalue weighted by Gasteiger charge is 2.17. The molecule has 0 bridgehead atoms. The van der Waals surface area contributed by atoms with Crippen LogP contribution in [0.2, 0.25) is 0 Å². The van der Waals surface area contributed by atoms with Crippen molar-refractivity contribution in [2.45, 2.75) is 32.2 Å². The first-order valence-electron chi connectivity index (χ1n) is 5.65. The molecule has 1 atom stereocenters. The van der Waals surface area contributed by atoms with Gasteiger partial charge < -0.3 is 10.0 Å². The van der Waals surface area contributed by atoms with Crippen LogP contribution in [0, 0.1) is 0 Å². The van der Waals surface area contributed by atoms with Crippen LogP contribution in [0.3, 0.4) is 0 Å². The van der Waals surface area contributed by atoms with Crippen LogP contribution in [0.25, 0.3) is 0 Å². The van der Waals surface area contributed by atoms with E-state index in [1.807, 2.05) is 13.2 Å². The Morgan fingerprint density at radius 3 is 2.44 bits per heavy atom. The smallest absolute Gasteiger partial charge is 0.324 e. The molecule has 1 unspecified atom stereocenters. The Hall–Kier alpha value is -1.24. The Kier molecular flexibility index (Phi) is 8.19. The molecule has 0 rings (SSSR count). The van der Waals surface area contributed by atoms with E-state index < -0.39 is 17.9 Å². The second-order valence-electron chi connectivity index (χ2n) is 3.99. The lowest BCUT2D eigenvalue weighted by molar-refractivity contribution is -0.138. The number of carboxylic acid groups (broad SMARTS) is 1. The van der Waals surface area contributed by atoms with Gasteiger partial charge in [0, 0.05) is 19.5 Å². The van der Waals surface area contributed by atoms with E-state index in [0.29, 0.717) is 0 Å². The number of amides is 3. The number of carbonyl (C=O) groups is 3. The third-order valence-corrected chi connectivity index (χ3v) is 3.18. The van der Waals surface area contributed by atoms with Gasteiger partial charge >= 0.3 is 12.0 Å². The van der Waals surface area contributed by atoms with Crippen molar-refractivity contribution in [3.05, 3.63) is 0 Å². The first-order chi connectivity index (χ1) is 8.38. The molecule has 0 aliphatic carbocycles. The second kappa shape index (κ2) is 8.79. The molecule has 0 fully saturated rings. The topological polar surface area (TPSA) is 86.7 Å². The minimum absolute atomic E-state index is 0.0322. The maximum absolute atomic E-state index is 11.6. The fourth-order valence-electron chi connectivity index (χ4n) is 1.17. The molecule has 3 amide bonds. The zero-order chi connectivity index (χ0) is 14.1. The molecule has 0 radical (unpaired) electrons. The summed E-state index contributed by atoms with van der Waals surface area (Å²) < 4.78 is 0. The Balaban J connectivity index is 4.06. The molecule has 0 spiro atoms. The molecule has 2 N–H and O–H groups in total. The summed E-state index contributed by atoms with van der Waals surface area (Å²) in [7, 11) is 1.62. The van der Waals surface area contributed by atoms with Gasteiger partial charge in [-0.2, -0.15) is 11.8 Å². The van der Waals surface area contributed by atoms with E-state index in [1.165, 1.54) is 4.90 Å². The Morgan fingerprint density at radius 2 is 1.94 bits per heavy atom. The summed E-state index contributed by atoms with van der Waals surface area (Å²) in [4.78, 5) is 34.6. The van der Waals surface area contributed by atoms with Crippen molar-refractivity contribution < 1.29 is 19.5 Å². The van der Waals surface area contributed by atoms with Gasteiger partial charge in [0.2, 0.25) is 5.91 Å². The molecule has 0 aliphatic rings. The average molecular weight is 276 g/mol. The Labute approximate surface area is 111 Å². The van der Waals surface area contributed by atoms with Crippen molar-refractivity contribution in [3.63, 3.8) is 0 Å². The number of thioether (sulfide) groups is 1. The van der Waals surface area contributed by atoms with E-state index in [2.05, 4.69) is 5.32 Å². The highest BCUT2D eigenvalue weighted by atomic mass is 32.2. The molecule has 0 aromatic heterocycles. The van der Waals surface area contributed by atoms with Crippen LogP contribution in [-0.4, -0.2) is 53.0 Å². The first kappa shape index (κ1) is 16.8. The lowest BCUT2D eigenvalue weighted by Crippen LogP contribution is -2.45. The van der Waals surface area contributed by atoms with Gasteiger partial charge in [-0.1, -0.05) is 0 Å². The van der Waals surface area contributed by atoms with Gasteiger partial charge in [-0.15, -0.1) is 0 Å². The van der Waals surface area contributed by atoms with Gasteiger partial charge in [-0.3, -0.25) is 14.9 Å². The fourth-order valence-corrected chi connectivity index (χ4v) is 1.75. The molecule has 0 aliphatic heterocycles. The molecule has 0 heterocycles. The van der Waals surface area contributed by atoms with Gasteiger partial charge in [0.25, 0.3) is 0 Å². The number of hydrogen-bond donors (Lipinski definition) is 2. The molecule has 104 valence electrons. The Morgan fingerprint density at radius 1 is 1.33 bits per heavy atom. The molecule has 6 nitrogen and oxygen atoms in total. The van der Waals surface area contributed by atoms with Crippen molar-refractivity contribution in [2.75, 3.05) is 19.1 Å². The first-order valence-corrected chi connectivity index (χ1v) is 7.05. The SMILES string of the molecule is CSCCC(C)N(C)C(=O)NC(=O)CCC(=O)O. The van der Waals surface area contributed by atoms with Gasteiger partial charge in [0.05, 0.1) is 6.42 Å². The van der Waals surface area contributed by atoms with Crippen molar-refractivity contribution >= 4 is 29.7 Å². The van der Waals surface area contributed by atoms with E-state index in [0.717, 1.165) is 12.2 Å². The van der Waals surface area contributed by atoms with Crippen LogP contribution in [-0.2, 0) is 9.59 Å². The highest BCUT2D eigenvalue weighted by Crippen LogP contribution is 2.06. The molecule has 7 heteroatoms. The number of carboxylic acids is 1. The van der Waals surface area contributed by atoms with Gasteiger partial charge in [-0.05, 0) is 25.4 Å². The molecular weight excluding hydrogens is 256 g/mol. The van der Waals surface area contributed by atoms with E-state index in [4.69, 9.17) is 5.11 Å². The van der Waals surface area contributed by atoms with Crippen molar-refractivity contribution in [1.29, 1.82) is 0 Å². The average Bonchev–Trinajstić information content (AvgIpc) is 2.32. The van der Waals surface area contributed by atoms with Crippen LogP contribution in [0.1, 0.15) is 26.2 Å². The summed E-state index contributed by atoms with van der Waals surface area (Å²) in [5, 5.41) is 10.6. The van der Waals surface area contributed by atoms with Crippen LogP contribution >= 0.6 is 11.8 Å². The van der Waals surface area contributed by atoms with Gasteiger partial charge in [0.1, 0.15) is 0 Å². The lowest BCUT2D eigenvalue weighted by Gasteiger charge is -2.24. The quantitative estimate of drug-likeness (QED) is 0.728. The normalized spacial score (nSPS) is 11.7. The largest absolute Gasteiger partial charge is 0.481 e. The maximum atomic E-state index is 11.6. The summed E-state index contributed by atoms with van der Waals surface area (Å²) in [6.07, 6.45) is 2.37. The highest BCUT2D eigenvalue weighted by molar-refractivity contribution is 7.98. The summed E-state index contributed by atoms with van der Waals surface area (Å²) in [6, 6.07) is -0.455. The maximum Gasteiger partial charge on any atom is 0.324 e. The summed E-state index contributed by atoms with van der Waals surface area (Å²) >= 11 is 1.69. The van der Waals surface area contributed by atoms with Crippen LogP contribution in [0.4, 0.5) is 4.79 Å². The number of hydrogen-bond acceptors (Lipinski definition) is 4. The zero-order valence-electron chi connectivity index (χ0n) is 10.9. The zero-order valence-corrected chi connectivity index (χ0v) is 11.7. The minimum atomic E-state index is -1.06. The van der Waals surface area contributed by atoms with Crippen molar-refractivity contribution in [3.8, 4) is 0 Å². The van der Waals surface area contributed by atoms with Crippen molar-refractivity contribution in [1.82, 2.24) is 10.2 Å². The van der Waals surface area contributed by atoms with Gasteiger partial charge in [-0.25, -0.2) is 4.79 Å². The monoisotopic (exact) mass is 276 g/mol. The Bertz CT molecular complexity index is 309. The number of imide groups is 1. The molecule has 0 saturated carbocycles. The summed E-state index contributed by atoms with van der Waals surface area (Å²) in [5.41, 5.74) is 0. The van der Waals surface area contributed by atoms with E-state index in [-0.39, 0.29) is 18.9 Å². The van der Waals surface area contributed by atoms with E-state index in [1.54, 1.807) is 18.8 Å². The molecule has 0 aromatic rings. The molecule has 0 aromatic carbocycles. The predicted molar refractivity (Wildman–Crippen MR) is 70.6 cm³/mol. The standard InChI is InChI=1S/C11H20N2O4S/c1-8(6-7-18-3)13(2)11(17)12-9(14)4-5-10(15)16/h8H,4-7H2,1-3H3,(H,15,16)(H,12,14,17). The van der Waals surface area contributed by atoms with Gasteiger partial charge in [0.15, 0.2) is 0 Å². The van der Waals surface area contributed by atoms with Crippen molar-refractivity contribution in [2.24, 2.45) is 0 Å². The molecular formula is C11H20N2O4S. The molecule has 0 saturated heterocycles. The third-order valence-electron chi connectivity index (χ3n) is 2.53. The number of carbonyl (C=O) groups excluding carboxylic acids is 2. The number of nitrogens with zero attached hydrogens (tertiary/aromatic N) is 1. The van der Waals surface area contributed by atoms with E-state index >= 15 is 0 Å². The minimum Gasteiger partial charge on any atom is -0.481 e. The third kappa shape index (κ3) is 7.16. The molecule has 18 heavy (non-hydrogen) atoms. The summed E-state index contributed by atoms with van der Waals surface area (Å²) in [6.45, 7) is 1.90. The lowest BCUT2D eigenvalue weighted by atomic mass is 10.2. The number of nitrogens with one attached hydrogen (secondary N) is 1. The fraction of sp³-hybridized carbons (Fsp3) is 0.727.